The average molecular weight is 261 g/mol. The summed E-state index contributed by atoms with van der Waals surface area (Å²) in [4.78, 5) is 0. The smallest absolute Gasteiger partial charge is 0.0381 e. The van der Waals surface area contributed by atoms with Gasteiger partial charge in [-0.2, -0.15) is 0 Å². The molecule has 0 saturated carbocycles. The van der Waals surface area contributed by atoms with E-state index in [0.717, 1.165) is 18.5 Å². The first-order valence-corrected chi connectivity index (χ1v) is 7.19. The number of allylic oxidation sites excluding steroid dienone is 4. The number of nitrogens with one attached hydrogen (secondary N) is 1. The third-order valence-corrected chi connectivity index (χ3v) is 3.60. The van der Waals surface area contributed by atoms with Crippen LogP contribution in [0.3, 0.4) is 0 Å². The summed E-state index contributed by atoms with van der Waals surface area (Å²) < 4.78 is 0. The first-order valence-electron chi connectivity index (χ1n) is 7.19. The third kappa shape index (κ3) is 3.18. The lowest BCUT2D eigenvalue weighted by atomic mass is 10.0. The van der Waals surface area contributed by atoms with Crippen LogP contribution in [0.15, 0.2) is 78.5 Å². The van der Waals surface area contributed by atoms with Gasteiger partial charge in [-0.3, -0.25) is 0 Å². The highest BCUT2D eigenvalue weighted by Gasteiger charge is 2.06. The summed E-state index contributed by atoms with van der Waals surface area (Å²) in [6, 6.07) is 21.0. The van der Waals surface area contributed by atoms with Crippen molar-refractivity contribution < 1.29 is 0 Å². The van der Waals surface area contributed by atoms with Crippen LogP contribution in [0, 0.1) is 0 Å². The highest BCUT2D eigenvalue weighted by molar-refractivity contribution is 5.68. The van der Waals surface area contributed by atoms with E-state index in [1.165, 1.54) is 23.3 Å². The third-order valence-electron chi connectivity index (χ3n) is 3.60. The largest absolute Gasteiger partial charge is 0.359 e. The first-order chi connectivity index (χ1) is 9.92. The molecule has 1 heteroatoms. The lowest BCUT2D eigenvalue weighted by Gasteiger charge is -2.09. The maximum absolute atomic E-state index is 3.51. The molecular formula is C19H19N. The Bertz CT molecular complexity index is 609. The molecule has 1 aliphatic rings. The van der Waals surface area contributed by atoms with E-state index in [-0.39, 0.29) is 0 Å². The second-order valence-corrected chi connectivity index (χ2v) is 5.09. The summed E-state index contributed by atoms with van der Waals surface area (Å²) >= 11 is 0. The molecule has 0 aliphatic heterocycles. The van der Waals surface area contributed by atoms with Crippen LogP contribution in [0.4, 0.5) is 5.69 Å². The molecule has 20 heavy (non-hydrogen) atoms. The molecular weight excluding hydrogens is 242 g/mol. The Morgan fingerprint density at radius 3 is 2.15 bits per heavy atom. The molecule has 3 rings (SSSR count). The van der Waals surface area contributed by atoms with Crippen LogP contribution in [-0.4, -0.2) is 0 Å². The van der Waals surface area contributed by atoms with E-state index < -0.39 is 0 Å². The second kappa shape index (κ2) is 6.25. The fourth-order valence-corrected chi connectivity index (χ4v) is 2.54. The summed E-state index contributed by atoms with van der Waals surface area (Å²) in [5.41, 5.74) is 5.22. The minimum Gasteiger partial charge on any atom is -0.359 e. The first kappa shape index (κ1) is 12.7. The van der Waals surface area contributed by atoms with Gasteiger partial charge < -0.3 is 5.32 Å². The van der Waals surface area contributed by atoms with Gasteiger partial charge in [0, 0.05) is 11.4 Å². The van der Waals surface area contributed by atoms with E-state index >= 15 is 0 Å². The van der Waals surface area contributed by atoms with Crippen LogP contribution < -0.4 is 5.32 Å². The summed E-state index contributed by atoms with van der Waals surface area (Å²) in [6.07, 6.45) is 7.91. The molecule has 0 heterocycles. The van der Waals surface area contributed by atoms with Crippen molar-refractivity contribution in [2.24, 2.45) is 0 Å². The molecule has 1 N–H and O–H groups in total. The Kier molecular flexibility index (Phi) is 3.98. The minimum atomic E-state index is 1.10. The number of anilines is 1. The van der Waals surface area contributed by atoms with Crippen LogP contribution in [0.2, 0.25) is 0 Å². The monoisotopic (exact) mass is 261 g/mol. The summed E-state index contributed by atoms with van der Waals surface area (Å²) in [7, 11) is 0. The lowest BCUT2D eigenvalue weighted by Crippen LogP contribution is -1.98. The molecule has 0 bridgehead atoms. The zero-order valence-corrected chi connectivity index (χ0v) is 11.5. The molecule has 0 saturated heterocycles. The van der Waals surface area contributed by atoms with Crippen molar-refractivity contribution in [3.8, 4) is 0 Å². The van der Waals surface area contributed by atoms with E-state index in [2.05, 4.69) is 72.1 Å². The number of para-hydroxylation sites is 1. The Morgan fingerprint density at radius 2 is 1.40 bits per heavy atom. The number of rotatable bonds is 3. The zero-order chi connectivity index (χ0) is 13.6. The summed E-state index contributed by atoms with van der Waals surface area (Å²) in [6.45, 7) is 0. The molecule has 2 aromatic rings. The van der Waals surface area contributed by atoms with E-state index in [9.17, 15) is 0 Å². The highest BCUT2D eigenvalue weighted by Crippen LogP contribution is 2.26. The maximum atomic E-state index is 3.51. The quantitative estimate of drug-likeness (QED) is 0.795. The maximum Gasteiger partial charge on any atom is 0.0381 e. The van der Waals surface area contributed by atoms with Crippen molar-refractivity contribution in [1.82, 2.24) is 0 Å². The van der Waals surface area contributed by atoms with Gasteiger partial charge in [0.15, 0.2) is 0 Å². The summed E-state index contributed by atoms with van der Waals surface area (Å²) in [5, 5.41) is 3.51. The van der Waals surface area contributed by atoms with Gasteiger partial charge in [-0.05, 0) is 48.6 Å². The molecule has 1 aliphatic carbocycles. The van der Waals surface area contributed by atoms with E-state index in [0.29, 0.717) is 0 Å². The molecule has 100 valence electrons. The molecule has 0 spiro atoms. The number of benzene rings is 2. The molecule has 0 radical (unpaired) electrons. The van der Waals surface area contributed by atoms with Gasteiger partial charge >= 0.3 is 0 Å². The zero-order valence-electron chi connectivity index (χ0n) is 11.5. The van der Waals surface area contributed by atoms with Gasteiger partial charge in [0.2, 0.25) is 0 Å². The van der Waals surface area contributed by atoms with Crippen LogP contribution >= 0.6 is 0 Å². The SMILES string of the molecule is C1=C(Nc2ccccc2)CCCC(c2ccccc2)=C1. The van der Waals surface area contributed by atoms with Crippen LogP contribution in [-0.2, 0) is 0 Å². The Balaban J connectivity index is 1.78. The summed E-state index contributed by atoms with van der Waals surface area (Å²) in [5.74, 6) is 0. The van der Waals surface area contributed by atoms with Crippen molar-refractivity contribution in [1.29, 1.82) is 0 Å². The predicted molar refractivity (Wildman–Crippen MR) is 86.4 cm³/mol. The Labute approximate surface area is 120 Å². The molecule has 2 aromatic carbocycles. The van der Waals surface area contributed by atoms with Crippen LogP contribution in [0.5, 0.6) is 0 Å². The van der Waals surface area contributed by atoms with Gasteiger partial charge in [-0.25, -0.2) is 0 Å². The van der Waals surface area contributed by atoms with Crippen molar-refractivity contribution in [2.45, 2.75) is 19.3 Å². The standard InChI is InChI=1S/C19H19N/c1-3-8-16(9-4-1)17-10-7-13-19(15-14-17)20-18-11-5-2-6-12-18/h1-6,8-9,11-12,14-15,20H,7,10,13H2. The van der Waals surface area contributed by atoms with Gasteiger partial charge in [0.25, 0.3) is 0 Å². The van der Waals surface area contributed by atoms with Gasteiger partial charge in [0.1, 0.15) is 0 Å². The molecule has 0 atom stereocenters. The normalized spacial score (nSPS) is 15.0. The average Bonchev–Trinajstić information content (AvgIpc) is 2.75. The molecule has 0 aromatic heterocycles. The van der Waals surface area contributed by atoms with Crippen LogP contribution in [0.1, 0.15) is 24.8 Å². The molecule has 0 amide bonds. The molecule has 0 unspecified atom stereocenters. The fourth-order valence-electron chi connectivity index (χ4n) is 2.54. The number of hydrogen-bond donors (Lipinski definition) is 1. The van der Waals surface area contributed by atoms with Gasteiger partial charge in [-0.15, -0.1) is 0 Å². The minimum absolute atomic E-state index is 1.10. The molecule has 0 fully saturated rings. The van der Waals surface area contributed by atoms with Crippen LogP contribution in [0.25, 0.3) is 5.57 Å². The lowest BCUT2D eigenvalue weighted by molar-refractivity contribution is 0.853. The van der Waals surface area contributed by atoms with Gasteiger partial charge in [0.05, 0.1) is 0 Å². The van der Waals surface area contributed by atoms with Crippen molar-refractivity contribution in [2.75, 3.05) is 5.32 Å². The van der Waals surface area contributed by atoms with Gasteiger partial charge in [-0.1, -0.05) is 54.6 Å². The predicted octanol–water partition coefficient (Wildman–Crippen LogP) is 5.25. The van der Waals surface area contributed by atoms with E-state index in [1.807, 2.05) is 6.07 Å². The molecule has 1 nitrogen and oxygen atoms in total. The van der Waals surface area contributed by atoms with Crippen molar-refractivity contribution in [3.63, 3.8) is 0 Å². The van der Waals surface area contributed by atoms with Crippen molar-refractivity contribution in [3.05, 3.63) is 84.1 Å². The highest BCUT2D eigenvalue weighted by atomic mass is 14.9. The van der Waals surface area contributed by atoms with E-state index in [4.69, 9.17) is 0 Å². The van der Waals surface area contributed by atoms with E-state index in [1.54, 1.807) is 0 Å². The fraction of sp³-hybridized carbons (Fsp3) is 0.158. The topological polar surface area (TPSA) is 12.0 Å². The van der Waals surface area contributed by atoms with Crippen molar-refractivity contribution >= 4 is 11.3 Å². The number of hydrogen-bond acceptors (Lipinski definition) is 1. The Morgan fingerprint density at radius 1 is 0.700 bits per heavy atom. The Hall–Kier alpha value is -2.28. The second-order valence-electron chi connectivity index (χ2n) is 5.09.